The molecule has 3 heteroatoms. The summed E-state index contributed by atoms with van der Waals surface area (Å²) in [7, 11) is 0. The molecule has 3 N–H and O–H groups in total. The Morgan fingerprint density at radius 1 is 1.47 bits per heavy atom. The van der Waals surface area contributed by atoms with Crippen molar-refractivity contribution in [3.05, 3.63) is 17.7 Å². The Kier molecular flexibility index (Phi) is 2.47. The second-order valence-electron chi connectivity index (χ2n) is 4.45. The van der Waals surface area contributed by atoms with Crippen LogP contribution in [0.15, 0.2) is 12.1 Å². The molecule has 0 saturated carbocycles. The third-order valence-corrected chi connectivity index (χ3v) is 2.71. The van der Waals surface area contributed by atoms with Crippen LogP contribution in [0, 0.1) is 0 Å². The van der Waals surface area contributed by atoms with E-state index in [4.69, 9.17) is 10.5 Å². The summed E-state index contributed by atoms with van der Waals surface area (Å²) in [4.78, 5) is 0. The van der Waals surface area contributed by atoms with Gasteiger partial charge in [-0.2, -0.15) is 0 Å². The average molecular weight is 206 g/mol. The molecule has 0 aromatic heterocycles. The molecule has 0 aliphatic carbocycles. The van der Waals surface area contributed by atoms with E-state index < -0.39 is 0 Å². The Hall–Kier alpha value is -1.38. The summed E-state index contributed by atoms with van der Waals surface area (Å²) < 4.78 is 5.71. The molecule has 1 heterocycles. The lowest BCUT2D eigenvalue weighted by molar-refractivity contribution is 0.227. The summed E-state index contributed by atoms with van der Waals surface area (Å²) in [6, 6.07) is 4.13. The highest BCUT2D eigenvalue weighted by atomic mass is 16.5. The van der Waals surface area contributed by atoms with E-state index in [1.54, 1.807) is 0 Å². The summed E-state index contributed by atoms with van der Waals surface area (Å²) in [5, 5.41) is 3.34. The van der Waals surface area contributed by atoms with Crippen molar-refractivity contribution in [3.63, 3.8) is 0 Å². The number of hydrogen-bond acceptors (Lipinski definition) is 3. The summed E-state index contributed by atoms with van der Waals surface area (Å²) in [5.74, 6) is 1.29. The van der Waals surface area contributed by atoms with E-state index in [0.29, 0.717) is 5.92 Å². The van der Waals surface area contributed by atoms with Crippen LogP contribution in [0.4, 0.5) is 11.4 Å². The molecule has 1 aliphatic rings. The lowest BCUT2D eigenvalue weighted by Gasteiger charge is -2.27. The van der Waals surface area contributed by atoms with E-state index in [2.05, 4.69) is 25.2 Å². The zero-order valence-electron chi connectivity index (χ0n) is 9.50. The minimum atomic E-state index is 0.185. The highest BCUT2D eigenvalue weighted by Gasteiger charge is 2.19. The molecule has 1 atom stereocenters. The first-order chi connectivity index (χ1) is 7.08. The standard InChI is InChI=1S/C12H18N2O/c1-7(2)9-4-10(13)12-11(5-9)14-6-8(3)15-12/h4-5,7-8,14H,6,13H2,1-3H3. The van der Waals surface area contributed by atoms with Gasteiger partial charge in [0.15, 0.2) is 5.75 Å². The molecule has 0 spiro atoms. The van der Waals surface area contributed by atoms with Gasteiger partial charge in [0.05, 0.1) is 17.9 Å². The predicted octanol–water partition coefficient (Wildman–Crippen LogP) is 2.58. The topological polar surface area (TPSA) is 47.3 Å². The number of ether oxygens (including phenoxy) is 1. The molecule has 2 rings (SSSR count). The lowest BCUT2D eigenvalue weighted by Crippen LogP contribution is -2.28. The van der Waals surface area contributed by atoms with Gasteiger partial charge in [-0.1, -0.05) is 13.8 Å². The third kappa shape index (κ3) is 1.87. The predicted molar refractivity (Wildman–Crippen MR) is 63.5 cm³/mol. The summed E-state index contributed by atoms with van der Waals surface area (Å²) >= 11 is 0. The fourth-order valence-corrected chi connectivity index (χ4v) is 1.77. The first-order valence-corrected chi connectivity index (χ1v) is 5.42. The van der Waals surface area contributed by atoms with Gasteiger partial charge < -0.3 is 15.8 Å². The third-order valence-electron chi connectivity index (χ3n) is 2.71. The van der Waals surface area contributed by atoms with Gasteiger partial charge in [-0.25, -0.2) is 0 Å². The molecule has 0 fully saturated rings. The second-order valence-corrected chi connectivity index (χ2v) is 4.45. The van der Waals surface area contributed by atoms with E-state index in [1.807, 2.05) is 13.0 Å². The van der Waals surface area contributed by atoms with Crippen molar-refractivity contribution < 1.29 is 4.74 Å². The van der Waals surface area contributed by atoms with Crippen LogP contribution < -0.4 is 15.8 Å². The molecular formula is C12H18N2O. The number of fused-ring (bicyclic) bond motifs is 1. The largest absolute Gasteiger partial charge is 0.485 e. The number of rotatable bonds is 1. The zero-order valence-corrected chi connectivity index (χ0v) is 9.50. The van der Waals surface area contributed by atoms with Crippen LogP contribution in [0.5, 0.6) is 5.75 Å². The molecule has 1 aromatic carbocycles. The Labute approximate surface area is 90.6 Å². The molecule has 15 heavy (non-hydrogen) atoms. The van der Waals surface area contributed by atoms with Crippen LogP contribution in [0.2, 0.25) is 0 Å². The van der Waals surface area contributed by atoms with E-state index in [1.165, 1.54) is 5.56 Å². The van der Waals surface area contributed by atoms with Crippen LogP contribution in [0.3, 0.4) is 0 Å². The Bertz CT molecular complexity index is 374. The van der Waals surface area contributed by atoms with Gasteiger partial charge in [0.1, 0.15) is 6.10 Å². The number of anilines is 2. The second kappa shape index (κ2) is 3.65. The molecule has 0 radical (unpaired) electrons. The first-order valence-electron chi connectivity index (χ1n) is 5.42. The quantitative estimate of drug-likeness (QED) is 0.694. The van der Waals surface area contributed by atoms with Crippen molar-refractivity contribution in [2.75, 3.05) is 17.6 Å². The van der Waals surface area contributed by atoms with Gasteiger partial charge in [-0.05, 0) is 30.5 Å². The number of nitrogens with one attached hydrogen (secondary N) is 1. The number of nitrogen functional groups attached to an aromatic ring is 1. The Morgan fingerprint density at radius 2 is 2.20 bits per heavy atom. The molecule has 3 nitrogen and oxygen atoms in total. The number of hydrogen-bond donors (Lipinski definition) is 2. The maximum Gasteiger partial charge on any atom is 0.165 e. The minimum absolute atomic E-state index is 0.185. The van der Waals surface area contributed by atoms with Gasteiger partial charge in [0.25, 0.3) is 0 Å². The first kappa shape index (κ1) is 10.1. The van der Waals surface area contributed by atoms with Crippen LogP contribution in [0.25, 0.3) is 0 Å². The van der Waals surface area contributed by atoms with Crippen LogP contribution in [-0.4, -0.2) is 12.6 Å². The van der Waals surface area contributed by atoms with Crippen molar-refractivity contribution in [1.82, 2.24) is 0 Å². The van der Waals surface area contributed by atoms with Gasteiger partial charge >= 0.3 is 0 Å². The molecule has 0 bridgehead atoms. The Morgan fingerprint density at radius 3 is 2.87 bits per heavy atom. The maximum atomic E-state index is 5.98. The molecule has 0 saturated heterocycles. The highest BCUT2D eigenvalue weighted by molar-refractivity contribution is 5.72. The molecular weight excluding hydrogens is 188 g/mol. The molecule has 0 amide bonds. The van der Waals surface area contributed by atoms with E-state index in [9.17, 15) is 0 Å². The minimum Gasteiger partial charge on any atom is -0.485 e. The molecule has 82 valence electrons. The van der Waals surface area contributed by atoms with Crippen LogP contribution in [-0.2, 0) is 0 Å². The van der Waals surface area contributed by atoms with E-state index >= 15 is 0 Å². The van der Waals surface area contributed by atoms with Gasteiger partial charge in [0.2, 0.25) is 0 Å². The van der Waals surface area contributed by atoms with Crippen molar-refractivity contribution in [2.45, 2.75) is 32.8 Å². The number of nitrogens with two attached hydrogens (primary N) is 1. The Balaban J connectivity index is 2.43. The van der Waals surface area contributed by atoms with E-state index in [-0.39, 0.29) is 6.10 Å². The zero-order chi connectivity index (χ0) is 11.0. The van der Waals surface area contributed by atoms with Crippen molar-refractivity contribution in [2.24, 2.45) is 0 Å². The van der Waals surface area contributed by atoms with Gasteiger partial charge in [-0.15, -0.1) is 0 Å². The summed E-state index contributed by atoms with van der Waals surface area (Å²) in [5.41, 5.74) is 8.98. The monoisotopic (exact) mass is 206 g/mol. The fourth-order valence-electron chi connectivity index (χ4n) is 1.77. The van der Waals surface area contributed by atoms with Crippen molar-refractivity contribution in [3.8, 4) is 5.75 Å². The fraction of sp³-hybridized carbons (Fsp3) is 0.500. The molecule has 1 aliphatic heterocycles. The number of benzene rings is 1. The van der Waals surface area contributed by atoms with Crippen molar-refractivity contribution >= 4 is 11.4 Å². The smallest absolute Gasteiger partial charge is 0.165 e. The van der Waals surface area contributed by atoms with Gasteiger partial charge in [0, 0.05) is 0 Å². The molecule has 1 aromatic rings. The summed E-state index contributed by atoms with van der Waals surface area (Å²) in [6.07, 6.45) is 0.185. The highest BCUT2D eigenvalue weighted by Crippen LogP contribution is 2.37. The van der Waals surface area contributed by atoms with Crippen molar-refractivity contribution in [1.29, 1.82) is 0 Å². The SMILES string of the molecule is CC1CNc2cc(C(C)C)cc(N)c2O1. The van der Waals surface area contributed by atoms with Crippen LogP contribution >= 0.6 is 0 Å². The average Bonchev–Trinajstić information content (AvgIpc) is 2.18. The summed E-state index contributed by atoms with van der Waals surface area (Å²) in [6.45, 7) is 7.20. The van der Waals surface area contributed by atoms with Crippen LogP contribution in [0.1, 0.15) is 32.3 Å². The maximum absolute atomic E-state index is 5.98. The lowest BCUT2D eigenvalue weighted by atomic mass is 10.0. The van der Waals surface area contributed by atoms with E-state index in [0.717, 1.165) is 23.7 Å². The molecule has 1 unspecified atom stereocenters. The normalized spacial score (nSPS) is 19.3. The van der Waals surface area contributed by atoms with Gasteiger partial charge in [-0.3, -0.25) is 0 Å².